The molecule has 5 rings (SSSR count). The quantitative estimate of drug-likeness (QED) is 0.394. The van der Waals surface area contributed by atoms with Gasteiger partial charge >= 0.3 is 0 Å². The van der Waals surface area contributed by atoms with Crippen LogP contribution in [0.5, 0.6) is 5.75 Å². The number of hydrogen-bond acceptors (Lipinski definition) is 7. The van der Waals surface area contributed by atoms with Crippen molar-refractivity contribution in [1.82, 2.24) is 15.1 Å². The zero-order valence-corrected chi connectivity index (χ0v) is 20.6. The molecule has 0 unspecified atom stereocenters. The number of hydrogen-bond donors (Lipinski definition) is 2. The maximum Gasteiger partial charge on any atom is 0.255 e. The van der Waals surface area contributed by atoms with Gasteiger partial charge in [0.25, 0.3) is 5.91 Å². The van der Waals surface area contributed by atoms with E-state index in [1.54, 1.807) is 30.3 Å². The molecule has 2 aromatic carbocycles. The molecule has 10 heteroatoms. The van der Waals surface area contributed by atoms with E-state index >= 15 is 0 Å². The van der Waals surface area contributed by atoms with Gasteiger partial charge in [0, 0.05) is 61.5 Å². The first-order valence-electron chi connectivity index (χ1n) is 13.1. The van der Waals surface area contributed by atoms with E-state index in [0.717, 1.165) is 39.3 Å². The molecule has 37 heavy (non-hydrogen) atoms. The summed E-state index contributed by atoms with van der Waals surface area (Å²) < 4.78 is 34.5. The van der Waals surface area contributed by atoms with E-state index in [1.165, 1.54) is 11.0 Å². The van der Waals surface area contributed by atoms with E-state index in [9.17, 15) is 18.8 Å². The van der Waals surface area contributed by atoms with Gasteiger partial charge in [-0.25, -0.2) is 4.39 Å². The maximum absolute atomic E-state index is 14.6. The van der Waals surface area contributed by atoms with Crippen LogP contribution in [0.2, 0.25) is 0 Å². The van der Waals surface area contributed by atoms with Crippen LogP contribution >= 0.6 is 0 Å². The number of anilines is 1. The van der Waals surface area contributed by atoms with Crippen molar-refractivity contribution in [2.45, 2.75) is 38.4 Å². The zero-order valence-electron chi connectivity index (χ0n) is 21.6. The lowest BCUT2D eigenvalue weighted by Gasteiger charge is -2.29. The zero-order chi connectivity index (χ0) is 26.7. The molecule has 0 bridgehead atoms. The molecule has 3 aliphatic heterocycles. The van der Waals surface area contributed by atoms with E-state index in [4.69, 9.17) is 10.8 Å². The second-order valence-corrected chi connectivity index (χ2v) is 9.31. The molecule has 0 aliphatic carbocycles. The van der Waals surface area contributed by atoms with Gasteiger partial charge in [0.05, 0.1) is 21.2 Å². The highest BCUT2D eigenvalue weighted by molar-refractivity contribution is 6.06. The monoisotopic (exact) mass is 511 g/mol. The highest BCUT2D eigenvalue weighted by Crippen LogP contribution is 2.32. The molecule has 3 aliphatic rings. The van der Waals surface area contributed by atoms with Crippen LogP contribution < -0.4 is 15.4 Å². The molecule has 196 valence electrons. The van der Waals surface area contributed by atoms with Gasteiger partial charge in [-0.1, -0.05) is 6.07 Å². The van der Waals surface area contributed by atoms with Crippen molar-refractivity contribution in [3.05, 3.63) is 58.9 Å². The molecular formula is C27H31FN4O5. The summed E-state index contributed by atoms with van der Waals surface area (Å²) in [4.78, 5) is 40.7. The van der Waals surface area contributed by atoms with Crippen LogP contribution in [0.4, 0.5) is 10.1 Å². The number of piperidine rings is 1. The molecule has 0 saturated carbocycles. The Bertz CT molecular complexity index is 1240. The maximum atomic E-state index is 14.6. The number of halogens is 1. The number of benzene rings is 2. The lowest BCUT2D eigenvalue weighted by molar-refractivity contribution is -0.136. The fraction of sp³-hybridized carbons (Fsp3) is 0.444. The van der Waals surface area contributed by atoms with Crippen LogP contribution in [0.15, 0.2) is 36.4 Å². The molecule has 1 atom stereocenters. The Balaban J connectivity index is 1.22. The molecule has 3 amide bonds. The minimum absolute atomic E-state index is 0.00855. The third kappa shape index (κ3) is 5.75. The largest absolute Gasteiger partial charge is 0.494 e. The SMILES string of the molecule is [2H][C@@]1(N2Cc3c(NCc4cc(OCCCN5CCOCC5)ccc4F)cccc3C2=O)CCC(=O)NC1=O. The number of fused-ring (bicyclic) bond motifs is 1. The summed E-state index contributed by atoms with van der Waals surface area (Å²) in [5.41, 5.74) is 2.04. The average Bonchev–Trinajstić information content (AvgIpc) is 3.27. The first kappa shape index (κ1) is 23.9. The molecule has 2 N–H and O–H groups in total. The van der Waals surface area contributed by atoms with E-state index in [2.05, 4.69) is 15.5 Å². The predicted octanol–water partition coefficient (Wildman–Crippen LogP) is 2.30. The molecule has 2 aromatic rings. The predicted molar refractivity (Wildman–Crippen MR) is 134 cm³/mol. The number of ether oxygens (including phenoxy) is 2. The Morgan fingerprint density at radius 3 is 2.84 bits per heavy atom. The Morgan fingerprint density at radius 2 is 2.03 bits per heavy atom. The van der Waals surface area contributed by atoms with Gasteiger partial charge in [-0.15, -0.1) is 0 Å². The van der Waals surface area contributed by atoms with Gasteiger partial charge in [-0.3, -0.25) is 24.6 Å². The molecule has 0 radical (unpaired) electrons. The Labute approximate surface area is 216 Å². The van der Waals surface area contributed by atoms with Crippen LogP contribution in [-0.2, 0) is 27.4 Å². The van der Waals surface area contributed by atoms with Crippen molar-refractivity contribution < 1.29 is 29.6 Å². The molecular weight excluding hydrogens is 479 g/mol. The van der Waals surface area contributed by atoms with Crippen LogP contribution in [0.1, 0.15) is 42.1 Å². The van der Waals surface area contributed by atoms with Crippen LogP contribution in [-0.4, -0.2) is 73.0 Å². The topological polar surface area (TPSA) is 100 Å². The van der Waals surface area contributed by atoms with Gasteiger partial charge in [0.2, 0.25) is 11.8 Å². The Morgan fingerprint density at radius 1 is 1.19 bits per heavy atom. The van der Waals surface area contributed by atoms with Gasteiger partial charge < -0.3 is 19.7 Å². The molecule has 2 fully saturated rings. The molecule has 2 saturated heterocycles. The van der Waals surface area contributed by atoms with Crippen molar-refractivity contribution >= 4 is 23.4 Å². The van der Waals surface area contributed by atoms with Crippen LogP contribution in [0.3, 0.4) is 0 Å². The van der Waals surface area contributed by atoms with Gasteiger partial charge in [0.1, 0.15) is 17.6 Å². The number of rotatable bonds is 9. The number of morpholine rings is 1. The van der Waals surface area contributed by atoms with Gasteiger partial charge in [-0.2, -0.15) is 0 Å². The first-order valence-corrected chi connectivity index (χ1v) is 12.6. The number of amides is 3. The summed E-state index contributed by atoms with van der Waals surface area (Å²) in [5, 5.41) is 5.37. The highest BCUT2D eigenvalue weighted by Gasteiger charge is 2.39. The van der Waals surface area contributed by atoms with Crippen molar-refractivity contribution in [1.29, 1.82) is 0 Å². The summed E-state index contributed by atoms with van der Waals surface area (Å²) >= 11 is 0. The molecule has 0 spiro atoms. The highest BCUT2D eigenvalue weighted by atomic mass is 19.1. The normalized spacial score (nSPS) is 22.5. The number of carbonyl (C=O) groups excluding carboxylic acids is 3. The summed E-state index contributed by atoms with van der Waals surface area (Å²) in [6, 6.07) is 7.92. The summed E-state index contributed by atoms with van der Waals surface area (Å²) in [6.07, 6.45) is 0.783. The molecule has 3 heterocycles. The second-order valence-electron chi connectivity index (χ2n) is 9.31. The third-order valence-electron chi connectivity index (χ3n) is 6.88. The fourth-order valence-corrected chi connectivity index (χ4v) is 4.85. The third-order valence-corrected chi connectivity index (χ3v) is 6.88. The van der Waals surface area contributed by atoms with Crippen molar-refractivity contribution in [3.8, 4) is 5.75 Å². The minimum Gasteiger partial charge on any atom is -0.494 e. The first-order chi connectivity index (χ1) is 18.3. The fourth-order valence-electron chi connectivity index (χ4n) is 4.85. The average molecular weight is 512 g/mol. The standard InChI is InChI=1S/C27H31FN4O5/c28-22-6-5-19(37-12-2-9-31-10-13-36-14-11-31)15-18(22)16-29-23-4-1-3-20-21(23)17-32(27(20)35)24-7-8-25(33)30-26(24)34/h1,3-6,15,24,29H,2,7-14,16-17H2,(H,30,33,34)/t24-/m1/s1/i24D. The van der Waals surface area contributed by atoms with E-state index < -0.39 is 23.7 Å². The number of nitrogens with zero attached hydrogens (tertiary/aromatic N) is 2. The number of carbonyl (C=O) groups is 3. The van der Waals surface area contributed by atoms with Crippen LogP contribution in [0, 0.1) is 5.82 Å². The summed E-state index contributed by atoms with van der Waals surface area (Å²) in [6.45, 7) is 5.00. The summed E-state index contributed by atoms with van der Waals surface area (Å²) in [7, 11) is 0. The van der Waals surface area contributed by atoms with Gasteiger partial charge in [-0.05, 0) is 43.2 Å². The Hall–Kier alpha value is -3.50. The smallest absolute Gasteiger partial charge is 0.255 e. The minimum atomic E-state index is -1.86. The molecule has 0 aromatic heterocycles. The number of imide groups is 1. The van der Waals surface area contributed by atoms with E-state index in [0.29, 0.717) is 34.7 Å². The van der Waals surface area contributed by atoms with Crippen molar-refractivity contribution in [2.75, 3.05) is 44.8 Å². The molecule has 9 nitrogen and oxygen atoms in total. The lowest BCUT2D eigenvalue weighted by atomic mass is 10.0. The number of nitrogens with one attached hydrogen (secondary N) is 2. The van der Waals surface area contributed by atoms with Crippen molar-refractivity contribution in [2.24, 2.45) is 0 Å². The van der Waals surface area contributed by atoms with E-state index in [-0.39, 0.29) is 31.7 Å². The summed E-state index contributed by atoms with van der Waals surface area (Å²) in [5.74, 6) is -1.49. The lowest BCUT2D eigenvalue weighted by Crippen LogP contribution is -2.52. The van der Waals surface area contributed by atoms with E-state index in [1.807, 2.05) is 0 Å². The second kappa shape index (κ2) is 11.3. The van der Waals surface area contributed by atoms with Crippen molar-refractivity contribution in [3.63, 3.8) is 0 Å². The van der Waals surface area contributed by atoms with Gasteiger partial charge in [0.15, 0.2) is 0 Å². The van der Waals surface area contributed by atoms with Crippen LogP contribution in [0.25, 0.3) is 0 Å². The Kier molecular flexibility index (Phi) is 7.27.